The number of aromatic nitrogens is 1. The zero-order valence-corrected chi connectivity index (χ0v) is 17.2. The predicted molar refractivity (Wildman–Crippen MR) is 112 cm³/mol. The molecule has 1 aromatic carbocycles. The number of pyridine rings is 1. The summed E-state index contributed by atoms with van der Waals surface area (Å²) in [6.45, 7) is 10.1. The fourth-order valence-electron chi connectivity index (χ4n) is 3.25. The van der Waals surface area contributed by atoms with Crippen LogP contribution in [0.5, 0.6) is 5.75 Å². The number of amides is 2. The van der Waals surface area contributed by atoms with E-state index in [-0.39, 0.29) is 17.9 Å². The summed E-state index contributed by atoms with van der Waals surface area (Å²) in [7, 11) is 0. The summed E-state index contributed by atoms with van der Waals surface area (Å²) in [5.41, 5.74) is 1.34. The van der Waals surface area contributed by atoms with E-state index in [0.29, 0.717) is 35.7 Å². The van der Waals surface area contributed by atoms with Gasteiger partial charge in [-0.25, -0.2) is 0 Å². The smallest absolute Gasteiger partial charge is 0.257 e. The number of rotatable bonds is 6. The molecule has 0 radical (unpaired) electrons. The van der Waals surface area contributed by atoms with Crippen molar-refractivity contribution in [3.63, 3.8) is 0 Å². The summed E-state index contributed by atoms with van der Waals surface area (Å²) in [6, 6.07) is 8.88. The highest BCUT2D eigenvalue weighted by molar-refractivity contribution is 6.06. The molecule has 7 nitrogen and oxygen atoms in total. The number of anilines is 1. The Labute approximate surface area is 171 Å². The number of nitrogens with one attached hydrogen (secondary N) is 1. The fraction of sp³-hybridized carbons (Fsp3) is 0.409. The highest BCUT2D eigenvalue weighted by Gasteiger charge is 2.22. The number of piperazine rings is 1. The SMILES string of the molecule is CCN1CCN(C(=O)c2cncc(C(=O)Nc3ccccc3OC(C)C)c2)CC1. The Hall–Kier alpha value is -2.93. The third-order valence-corrected chi connectivity index (χ3v) is 4.85. The van der Waals surface area contributed by atoms with E-state index in [0.717, 1.165) is 19.6 Å². The van der Waals surface area contributed by atoms with Crippen molar-refractivity contribution in [1.29, 1.82) is 0 Å². The third kappa shape index (κ3) is 5.32. The molecule has 3 rings (SSSR count). The molecule has 29 heavy (non-hydrogen) atoms. The van der Waals surface area contributed by atoms with E-state index in [4.69, 9.17) is 4.74 Å². The molecule has 0 saturated carbocycles. The van der Waals surface area contributed by atoms with Crippen molar-refractivity contribution in [2.24, 2.45) is 0 Å². The first-order valence-corrected chi connectivity index (χ1v) is 10.0. The van der Waals surface area contributed by atoms with Crippen molar-refractivity contribution in [2.75, 3.05) is 38.0 Å². The van der Waals surface area contributed by atoms with E-state index in [9.17, 15) is 9.59 Å². The Morgan fingerprint density at radius 3 is 2.48 bits per heavy atom. The quantitative estimate of drug-likeness (QED) is 0.813. The number of hydrogen-bond donors (Lipinski definition) is 1. The number of para-hydroxylation sites is 2. The maximum atomic E-state index is 12.8. The van der Waals surface area contributed by atoms with Gasteiger partial charge in [0.15, 0.2) is 0 Å². The highest BCUT2D eigenvalue weighted by atomic mass is 16.5. The van der Waals surface area contributed by atoms with Gasteiger partial charge in [-0.05, 0) is 38.6 Å². The zero-order valence-electron chi connectivity index (χ0n) is 17.2. The molecule has 1 aliphatic rings. The average Bonchev–Trinajstić information content (AvgIpc) is 2.74. The molecule has 0 bridgehead atoms. The van der Waals surface area contributed by atoms with Gasteiger partial charge < -0.3 is 19.9 Å². The molecule has 2 amide bonds. The third-order valence-electron chi connectivity index (χ3n) is 4.85. The van der Waals surface area contributed by atoms with Gasteiger partial charge in [-0.2, -0.15) is 0 Å². The standard InChI is InChI=1S/C22H28N4O3/c1-4-25-9-11-26(12-10-25)22(28)18-13-17(14-23-15-18)21(27)24-19-7-5-6-8-20(19)29-16(2)3/h5-8,13-16H,4,9-12H2,1-3H3,(H,24,27). The maximum Gasteiger partial charge on any atom is 0.257 e. The van der Waals surface area contributed by atoms with Crippen LogP contribution in [0.1, 0.15) is 41.5 Å². The average molecular weight is 396 g/mol. The van der Waals surface area contributed by atoms with Gasteiger partial charge in [0.05, 0.1) is 22.9 Å². The Bertz CT molecular complexity index is 861. The van der Waals surface area contributed by atoms with Crippen molar-refractivity contribution in [3.8, 4) is 5.75 Å². The largest absolute Gasteiger partial charge is 0.489 e. The Morgan fingerprint density at radius 2 is 1.79 bits per heavy atom. The zero-order chi connectivity index (χ0) is 20.8. The van der Waals surface area contributed by atoms with E-state index < -0.39 is 0 Å². The number of ether oxygens (including phenoxy) is 1. The van der Waals surface area contributed by atoms with Gasteiger partial charge >= 0.3 is 0 Å². The number of carbonyl (C=O) groups excluding carboxylic acids is 2. The summed E-state index contributed by atoms with van der Waals surface area (Å²) in [4.78, 5) is 33.8. The lowest BCUT2D eigenvalue weighted by molar-refractivity contribution is 0.0643. The van der Waals surface area contributed by atoms with Gasteiger partial charge in [-0.1, -0.05) is 19.1 Å². The molecule has 1 N–H and O–H groups in total. The second-order valence-corrected chi connectivity index (χ2v) is 7.31. The van der Waals surface area contributed by atoms with Crippen LogP contribution in [-0.2, 0) is 0 Å². The van der Waals surface area contributed by atoms with E-state index in [1.807, 2.05) is 36.9 Å². The number of likely N-dealkylation sites (N-methyl/N-ethyl adjacent to an activating group) is 1. The predicted octanol–water partition coefficient (Wildman–Crippen LogP) is 2.90. The Morgan fingerprint density at radius 1 is 1.10 bits per heavy atom. The first-order chi connectivity index (χ1) is 14.0. The first kappa shape index (κ1) is 20.8. The molecule has 1 aromatic heterocycles. The molecule has 0 atom stereocenters. The maximum absolute atomic E-state index is 12.8. The molecule has 7 heteroatoms. The van der Waals surface area contributed by atoms with Crippen molar-refractivity contribution in [3.05, 3.63) is 53.9 Å². The molecular weight excluding hydrogens is 368 g/mol. The molecule has 1 aliphatic heterocycles. The van der Waals surface area contributed by atoms with Crippen molar-refractivity contribution < 1.29 is 14.3 Å². The molecule has 0 unspecified atom stereocenters. The van der Waals surface area contributed by atoms with Crippen LogP contribution in [0.25, 0.3) is 0 Å². The number of hydrogen-bond acceptors (Lipinski definition) is 5. The molecule has 1 saturated heterocycles. The van der Waals surface area contributed by atoms with Gasteiger partial charge in [0.25, 0.3) is 11.8 Å². The Balaban J connectivity index is 1.71. The topological polar surface area (TPSA) is 74.8 Å². The van der Waals surface area contributed by atoms with E-state index in [1.54, 1.807) is 12.1 Å². The van der Waals surface area contributed by atoms with Crippen LogP contribution >= 0.6 is 0 Å². The van der Waals surface area contributed by atoms with Crippen LogP contribution in [0, 0.1) is 0 Å². The molecule has 154 valence electrons. The lowest BCUT2D eigenvalue weighted by Gasteiger charge is -2.34. The minimum absolute atomic E-state index is 0.0103. The van der Waals surface area contributed by atoms with Crippen molar-refractivity contribution in [1.82, 2.24) is 14.8 Å². The van der Waals surface area contributed by atoms with Gasteiger partial charge in [-0.15, -0.1) is 0 Å². The lowest BCUT2D eigenvalue weighted by Crippen LogP contribution is -2.48. The van der Waals surface area contributed by atoms with E-state index in [2.05, 4.69) is 22.1 Å². The van der Waals surface area contributed by atoms with Crippen molar-refractivity contribution in [2.45, 2.75) is 26.9 Å². The normalized spacial score (nSPS) is 14.7. The first-order valence-electron chi connectivity index (χ1n) is 10.0. The Kier molecular flexibility index (Phi) is 6.82. The lowest BCUT2D eigenvalue weighted by atomic mass is 10.1. The second-order valence-electron chi connectivity index (χ2n) is 7.31. The van der Waals surface area contributed by atoms with E-state index in [1.165, 1.54) is 12.4 Å². The van der Waals surface area contributed by atoms with Crippen LogP contribution in [0.2, 0.25) is 0 Å². The van der Waals surface area contributed by atoms with Crippen LogP contribution in [0.3, 0.4) is 0 Å². The second kappa shape index (κ2) is 9.52. The summed E-state index contributed by atoms with van der Waals surface area (Å²) in [5.74, 6) is 0.180. The summed E-state index contributed by atoms with van der Waals surface area (Å²) in [5, 5.41) is 2.86. The minimum atomic E-state index is -0.331. The highest BCUT2D eigenvalue weighted by Crippen LogP contribution is 2.25. The number of benzene rings is 1. The van der Waals surface area contributed by atoms with Crippen molar-refractivity contribution >= 4 is 17.5 Å². The van der Waals surface area contributed by atoms with Crippen LogP contribution < -0.4 is 10.1 Å². The summed E-state index contributed by atoms with van der Waals surface area (Å²) < 4.78 is 5.75. The number of nitrogens with zero attached hydrogens (tertiary/aromatic N) is 3. The number of carbonyl (C=O) groups is 2. The molecule has 1 fully saturated rings. The van der Waals surface area contributed by atoms with Gasteiger partial charge in [0, 0.05) is 38.6 Å². The molecule has 0 spiro atoms. The molecule has 2 aromatic rings. The molecule has 0 aliphatic carbocycles. The monoisotopic (exact) mass is 396 g/mol. The fourth-order valence-corrected chi connectivity index (χ4v) is 3.25. The molecular formula is C22H28N4O3. The van der Waals surface area contributed by atoms with Crippen LogP contribution in [-0.4, -0.2) is 65.4 Å². The molecule has 2 heterocycles. The van der Waals surface area contributed by atoms with Gasteiger partial charge in [-0.3, -0.25) is 14.6 Å². The van der Waals surface area contributed by atoms with Gasteiger partial charge in [0.2, 0.25) is 0 Å². The van der Waals surface area contributed by atoms with Crippen LogP contribution in [0.15, 0.2) is 42.7 Å². The van der Waals surface area contributed by atoms with E-state index >= 15 is 0 Å². The summed E-state index contributed by atoms with van der Waals surface area (Å²) in [6.07, 6.45) is 2.97. The van der Waals surface area contributed by atoms with Gasteiger partial charge in [0.1, 0.15) is 5.75 Å². The van der Waals surface area contributed by atoms with Crippen LogP contribution in [0.4, 0.5) is 5.69 Å². The summed E-state index contributed by atoms with van der Waals surface area (Å²) >= 11 is 0. The minimum Gasteiger partial charge on any atom is -0.489 e.